The van der Waals surface area contributed by atoms with Crippen molar-refractivity contribution in [3.8, 4) is 0 Å². The van der Waals surface area contributed by atoms with Crippen molar-refractivity contribution >= 4 is 0 Å². The second-order valence-electron chi connectivity index (χ2n) is 3.32. The van der Waals surface area contributed by atoms with Crippen molar-refractivity contribution in [2.45, 2.75) is 33.0 Å². The second-order valence-corrected chi connectivity index (χ2v) is 3.32. The number of methoxy groups -OCH3 is 1. The number of aromatic nitrogens is 2. The fourth-order valence-electron chi connectivity index (χ4n) is 1.21. The molecular formula is C10H16N2O2. The van der Waals surface area contributed by atoms with Crippen LogP contribution >= 0.6 is 0 Å². The maximum atomic E-state index is 9.38. The van der Waals surface area contributed by atoms with Crippen LogP contribution in [0.5, 0.6) is 0 Å². The summed E-state index contributed by atoms with van der Waals surface area (Å²) in [7, 11) is 1.62. The Morgan fingerprint density at radius 3 is 2.50 bits per heavy atom. The molecule has 4 heteroatoms. The number of aryl methyl sites for hydroxylation is 1. The van der Waals surface area contributed by atoms with E-state index in [9.17, 15) is 5.11 Å². The first kappa shape index (κ1) is 11.1. The minimum Gasteiger partial charge on any atom is -0.389 e. The molecule has 1 N–H and O–H groups in total. The van der Waals surface area contributed by atoms with Gasteiger partial charge in [-0.3, -0.25) is 0 Å². The molecule has 2 unspecified atom stereocenters. The van der Waals surface area contributed by atoms with Gasteiger partial charge < -0.3 is 9.84 Å². The number of rotatable bonds is 3. The molecule has 1 rings (SSSR count). The molecule has 0 bridgehead atoms. The Bertz CT molecular complexity index is 313. The number of hydrogen-bond acceptors (Lipinski definition) is 4. The molecule has 14 heavy (non-hydrogen) atoms. The average Bonchev–Trinajstić information content (AvgIpc) is 2.15. The number of nitrogens with zero attached hydrogens (tertiary/aromatic N) is 2. The highest BCUT2D eigenvalue weighted by Gasteiger charge is 2.11. The summed E-state index contributed by atoms with van der Waals surface area (Å²) in [6.07, 6.45) is 1.01. The maximum absolute atomic E-state index is 9.38. The fourth-order valence-corrected chi connectivity index (χ4v) is 1.21. The lowest BCUT2D eigenvalue weighted by Gasteiger charge is -2.12. The fraction of sp³-hybridized carbons (Fsp3) is 0.600. The Balaban J connectivity index is 3.00. The highest BCUT2D eigenvalue weighted by Crippen LogP contribution is 2.17. The molecule has 2 atom stereocenters. The lowest BCUT2D eigenvalue weighted by Crippen LogP contribution is -2.07. The van der Waals surface area contributed by atoms with Crippen molar-refractivity contribution in [3.63, 3.8) is 0 Å². The molecule has 1 aromatic rings. The summed E-state index contributed by atoms with van der Waals surface area (Å²) < 4.78 is 5.10. The molecule has 0 saturated carbocycles. The predicted molar refractivity (Wildman–Crippen MR) is 52.8 cm³/mol. The van der Waals surface area contributed by atoms with Gasteiger partial charge in [0.25, 0.3) is 0 Å². The smallest absolute Gasteiger partial charge is 0.157 e. The van der Waals surface area contributed by atoms with Gasteiger partial charge >= 0.3 is 0 Å². The molecule has 4 nitrogen and oxygen atoms in total. The highest BCUT2D eigenvalue weighted by atomic mass is 16.5. The number of hydrogen-bond donors (Lipinski definition) is 1. The molecule has 0 radical (unpaired) electrons. The topological polar surface area (TPSA) is 55.2 Å². The first-order valence-corrected chi connectivity index (χ1v) is 4.60. The van der Waals surface area contributed by atoms with Crippen LogP contribution < -0.4 is 0 Å². The summed E-state index contributed by atoms with van der Waals surface area (Å²) in [5.41, 5.74) is 1.56. The first-order chi connectivity index (χ1) is 6.56. The van der Waals surface area contributed by atoms with E-state index in [-0.39, 0.29) is 6.10 Å². The van der Waals surface area contributed by atoms with Crippen molar-refractivity contribution in [2.24, 2.45) is 0 Å². The zero-order valence-corrected chi connectivity index (χ0v) is 8.98. The summed E-state index contributed by atoms with van der Waals surface area (Å²) in [5.74, 6) is 0.648. The van der Waals surface area contributed by atoms with Gasteiger partial charge in [-0.2, -0.15) is 0 Å². The van der Waals surface area contributed by atoms with Crippen LogP contribution in [0.25, 0.3) is 0 Å². The number of aliphatic hydroxyl groups excluding tert-OH is 1. The number of aliphatic hydroxyl groups is 1. The van der Waals surface area contributed by atoms with Crippen LogP contribution in [0, 0.1) is 6.92 Å². The molecule has 0 saturated heterocycles. The van der Waals surface area contributed by atoms with Gasteiger partial charge in [-0.1, -0.05) is 0 Å². The molecule has 0 aliphatic rings. The largest absolute Gasteiger partial charge is 0.389 e. The van der Waals surface area contributed by atoms with Gasteiger partial charge in [-0.05, 0) is 20.8 Å². The zero-order chi connectivity index (χ0) is 10.7. The Morgan fingerprint density at radius 2 is 2.07 bits per heavy atom. The van der Waals surface area contributed by atoms with Crippen molar-refractivity contribution in [1.29, 1.82) is 0 Å². The van der Waals surface area contributed by atoms with Crippen molar-refractivity contribution in [2.75, 3.05) is 7.11 Å². The van der Waals surface area contributed by atoms with Gasteiger partial charge in [0.05, 0.1) is 6.10 Å². The standard InChI is InChI=1S/C10H16N2O2/c1-6-9(7(2)13)5-11-10(12-6)8(3)14-4/h5,7-8,13H,1-4H3. The summed E-state index contributed by atoms with van der Waals surface area (Å²) in [5, 5.41) is 9.38. The molecule has 0 fully saturated rings. The van der Waals surface area contributed by atoms with Crippen LogP contribution in [0.4, 0.5) is 0 Å². The third kappa shape index (κ3) is 2.27. The van der Waals surface area contributed by atoms with E-state index in [1.807, 2.05) is 13.8 Å². The molecule has 1 heterocycles. The lowest BCUT2D eigenvalue weighted by molar-refractivity contribution is 0.111. The van der Waals surface area contributed by atoms with E-state index in [4.69, 9.17) is 4.74 Å². The van der Waals surface area contributed by atoms with Crippen LogP contribution in [0.2, 0.25) is 0 Å². The maximum Gasteiger partial charge on any atom is 0.157 e. The van der Waals surface area contributed by atoms with Crippen LogP contribution in [0.3, 0.4) is 0 Å². The Labute approximate surface area is 84.0 Å². The van der Waals surface area contributed by atoms with Gasteiger partial charge in [0.15, 0.2) is 5.82 Å². The normalized spacial score (nSPS) is 15.2. The minimum atomic E-state index is -0.526. The Kier molecular flexibility index (Phi) is 3.55. The van der Waals surface area contributed by atoms with E-state index in [0.29, 0.717) is 5.82 Å². The summed E-state index contributed by atoms with van der Waals surface area (Å²) >= 11 is 0. The van der Waals surface area contributed by atoms with Crippen molar-refractivity contribution < 1.29 is 9.84 Å². The average molecular weight is 196 g/mol. The molecule has 0 spiro atoms. The van der Waals surface area contributed by atoms with E-state index in [1.165, 1.54) is 0 Å². The van der Waals surface area contributed by atoms with Gasteiger partial charge in [-0.15, -0.1) is 0 Å². The third-order valence-electron chi connectivity index (χ3n) is 2.20. The van der Waals surface area contributed by atoms with Crippen LogP contribution in [-0.4, -0.2) is 22.2 Å². The van der Waals surface area contributed by atoms with Gasteiger partial charge in [-0.25, -0.2) is 9.97 Å². The monoisotopic (exact) mass is 196 g/mol. The molecular weight excluding hydrogens is 180 g/mol. The van der Waals surface area contributed by atoms with E-state index in [2.05, 4.69) is 9.97 Å². The molecule has 0 aromatic carbocycles. The summed E-state index contributed by atoms with van der Waals surface area (Å²) in [4.78, 5) is 8.40. The Morgan fingerprint density at radius 1 is 1.43 bits per heavy atom. The van der Waals surface area contributed by atoms with Crippen molar-refractivity contribution in [1.82, 2.24) is 9.97 Å². The van der Waals surface area contributed by atoms with E-state index in [0.717, 1.165) is 11.3 Å². The number of ether oxygens (including phenoxy) is 1. The van der Waals surface area contributed by atoms with E-state index in [1.54, 1.807) is 20.2 Å². The van der Waals surface area contributed by atoms with E-state index < -0.39 is 6.10 Å². The highest BCUT2D eigenvalue weighted by molar-refractivity contribution is 5.18. The summed E-state index contributed by atoms with van der Waals surface area (Å²) in [6, 6.07) is 0. The van der Waals surface area contributed by atoms with Gasteiger partial charge in [0, 0.05) is 24.6 Å². The molecule has 0 aliphatic carbocycles. The summed E-state index contributed by atoms with van der Waals surface area (Å²) in [6.45, 7) is 5.44. The molecule has 0 aliphatic heterocycles. The SMILES string of the molecule is COC(C)c1ncc(C(C)O)c(C)n1. The zero-order valence-electron chi connectivity index (χ0n) is 8.98. The van der Waals surface area contributed by atoms with Crippen LogP contribution in [-0.2, 0) is 4.74 Å². The predicted octanol–water partition coefficient (Wildman–Crippen LogP) is 1.55. The Hall–Kier alpha value is -1.00. The van der Waals surface area contributed by atoms with Gasteiger partial charge in [0.2, 0.25) is 0 Å². The van der Waals surface area contributed by atoms with Crippen LogP contribution in [0.1, 0.15) is 43.1 Å². The van der Waals surface area contributed by atoms with Crippen molar-refractivity contribution in [3.05, 3.63) is 23.3 Å². The molecule has 0 amide bonds. The van der Waals surface area contributed by atoms with Crippen LogP contribution in [0.15, 0.2) is 6.20 Å². The van der Waals surface area contributed by atoms with Gasteiger partial charge in [0.1, 0.15) is 6.10 Å². The quantitative estimate of drug-likeness (QED) is 0.796. The molecule has 1 aromatic heterocycles. The lowest BCUT2D eigenvalue weighted by atomic mass is 10.1. The minimum absolute atomic E-state index is 0.114. The molecule has 78 valence electrons. The third-order valence-corrected chi connectivity index (χ3v) is 2.20. The second kappa shape index (κ2) is 4.48. The van der Waals surface area contributed by atoms with E-state index >= 15 is 0 Å². The first-order valence-electron chi connectivity index (χ1n) is 4.60.